The Kier molecular flexibility index (Phi) is 3.39. The Bertz CT molecular complexity index is 520. The van der Waals surface area contributed by atoms with Gasteiger partial charge in [0.2, 0.25) is 0 Å². The van der Waals surface area contributed by atoms with Gasteiger partial charge in [0.15, 0.2) is 0 Å². The molecule has 0 aliphatic rings. The molecule has 0 amide bonds. The van der Waals surface area contributed by atoms with Crippen molar-refractivity contribution in [3.05, 3.63) is 71.3 Å². The highest BCUT2D eigenvalue weighted by molar-refractivity contribution is 5.37. The molecular weight excluding hydrogens is 241 g/mol. The van der Waals surface area contributed by atoms with Gasteiger partial charge in [-0.3, -0.25) is 0 Å². The Hall–Kier alpha value is -1.81. The Balaban J connectivity index is 2.46. The molecule has 1 N–H and O–H groups in total. The Morgan fingerprint density at radius 1 is 0.833 bits per heavy atom. The van der Waals surface area contributed by atoms with Crippen LogP contribution in [0.15, 0.2) is 54.6 Å². The summed E-state index contributed by atoms with van der Waals surface area (Å²) < 4.78 is 38.4. The fourth-order valence-electron chi connectivity index (χ4n) is 1.81. The summed E-state index contributed by atoms with van der Waals surface area (Å²) in [4.78, 5) is 0. The highest BCUT2D eigenvalue weighted by Crippen LogP contribution is 2.36. The van der Waals surface area contributed by atoms with Crippen molar-refractivity contribution in [2.75, 3.05) is 0 Å². The SMILES string of the molecule is O[C@H](c1ccccc1)c1ccccc1C(F)(F)F. The summed E-state index contributed by atoms with van der Waals surface area (Å²) in [5, 5.41) is 10.0. The molecule has 18 heavy (non-hydrogen) atoms. The van der Waals surface area contributed by atoms with Gasteiger partial charge >= 0.3 is 6.18 Å². The molecule has 0 aromatic heterocycles. The number of aliphatic hydroxyl groups is 1. The van der Waals surface area contributed by atoms with E-state index in [1.807, 2.05) is 0 Å². The van der Waals surface area contributed by atoms with E-state index in [9.17, 15) is 18.3 Å². The molecular formula is C14H11F3O. The normalized spacial score (nSPS) is 13.3. The van der Waals surface area contributed by atoms with E-state index in [1.165, 1.54) is 18.2 Å². The minimum absolute atomic E-state index is 0.129. The maximum atomic E-state index is 12.8. The number of alkyl halides is 3. The minimum Gasteiger partial charge on any atom is -0.384 e. The Morgan fingerprint density at radius 3 is 2.00 bits per heavy atom. The first-order valence-corrected chi connectivity index (χ1v) is 5.39. The van der Waals surface area contributed by atoms with E-state index in [2.05, 4.69) is 0 Å². The highest BCUT2D eigenvalue weighted by atomic mass is 19.4. The highest BCUT2D eigenvalue weighted by Gasteiger charge is 2.34. The fourth-order valence-corrected chi connectivity index (χ4v) is 1.81. The Morgan fingerprint density at radius 2 is 1.39 bits per heavy atom. The van der Waals surface area contributed by atoms with Crippen LogP contribution in [0.3, 0.4) is 0 Å². The van der Waals surface area contributed by atoms with E-state index >= 15 is 0 Å². The topological polar surface area (TPSA) is 20.2 Å². The average Bonchev–Trinajstić information content (AvgIpc) is 2.38. The lowest BCUT2D eigenvalue weighted by Gasteiger charge is -2.17. The fraction of sp³-hybridized carbons (Fsp3) is 0.143. The van der Waals surface area contributed by atoms with Gasteiger partial charge in [-0.2, -0.15) is 13.2 Å². The van der Waals surface area contributed by atoms with Gasteiger partial charge in [-0.1, -0.05) is 48.5 Å². The summed E-state index contributed by atoms with van der Waals surface area (Å²) in [5.74, 6) is 0. The number of hydrogen-bond acceptors (Lipinski definition) is 1. The molecule has 0 fully saturated rings. The van der Waals surface area contributed by atoms with Crippen molar-refractivity contribution in [1.82, 2.24) is 0 Å². The van der Waals surface area contributed by atoms with Crippen LogP contribution in [0.1, 0.15) is 22.8 Å². The van der Waals surface area contributed by atoms with Gasteiger partial charge in [0.25, 0.3) is 0 Å². The maximum absolute atomic E-state index is 12.8. The second kappa shape index (κ2) is 4.82. The maximum Gasteiger partial charge on any atom is 0.416 e. The molecule has 2 aromatic rings. The molecule has 4 heteroatoms. The van der Waals surface area contributed by atoms with Crippen LogP contribution < -0.4 is 0 Å². The summed E-state index contributed by atoms with van der Waals surface area (Å²) in [6.45, 7) is 0. The van der Waals surface area contributed by atoms with E-state index < -0.39 is 17.8 Å². The zero-order valence-electron chi connectivity index (χ0n) is 9.35. The number of rotatable bonds is 2. The number of hydrogen-bond donors (Lipinski definition) is 1. The van der Waals surface area contributed by atoms with Gasteiger partial charge in [0.05, 0.1) is 5.56 Å². The van der Waals surface area contributed by atoms with Crippen molar-refractivity contribution < 1.29 is 18.3 Å². The lowest BCUT2D eigenvalue weighted by atomic mass is 9.96. The van der Waals surface area contributed by atoms with E-state index in [1.54, 1.807) is 30.3 Å². The quantitative estimate of drug-likeness (QED) is 0.862. The summed E-state index contributed by atoms with van der Waals surface area (Å²) in [6, 6.07) is 13.3. The molecule has 94 valence electrons. The van der Waals surface area contributed by atoms with Crippen LogP contribution in [0.4, 0.5) is 13.2 Å². The molecule has 0 radical (unpaired) electrons. The molecule has 0 aliphatic heterocycles. The molecule has 1 atom stereocenters. The van der Waals surface area contributed by atoms with Crippen LogP contribution in [0.2, 0.25) is 0 Å². The summed E-state index contributed by atoms with van der Waals surface area (Å²) in [6.07, 6.45) is -5.74. The molecule has 0 spiro atoms. The lowest BCUT2D eigenvalue weighted by molar-refractivity contribution is -0.139. The van der Waals surface area contributed by atoms with Crippen molar-refractivity contribution in [1.29, 1.82) is 0 Å². The van der Waals surface area contributed by atoms with Crippen molar-refractivity contribution in [3.8, 4) is 0 Å². The van der Waals surface area contributed by atoms with Gasteiger partial charge in [-0.15, -0.1) is 0 Å². The van der Waals surface area contributed by atoms with Gasteiger partial charge < -0.3 is 5.11 Å². The predicted molar refractivity (Wildman–Crippen MR) is 61.9 cm³/mol. The summed E-state index contributed by atoms with van der Waals surface area (Å²) in [5.41, 5.74) is -0.494. The van der Waals surface area contributed by atoms with Gasteiger partial charge in [-0.05, 0) is 17.2 Å². The second-order valence-corrected chi connectivity index (χ2v) is 3.90. The first-order valence-electron chi connectivity index (χ1n) is 5.39. The molecule has 0 unspecified atom stereocenters. The van der Waals surface area contributed by atoms with Crippen molar-refractivity contribution in [2.45, 2.75) is 12.3 Å². The molecule has 2 rings (SSSR count). The molecule has 1 nitrogen and oxygen atoms in total. The van der Waals surface area contributed by atoms with Crippen LogP contribution in [-0.4, -0.2) is 5.11 Å². The third-order valence-electron chi connectivity index (χ3n) is 2.68. The van der Waals surface area contributed by atoms with Crippen molar-refractivity contribution in [2.24, 2.45) is 0 Å². The number of benzene rings is 2. The second-order valence-electron chi connectivity index (χ2n) is 3.90. The standard InChI is InChI=1S/C14H11F3O/c15-14(16,17)12-9-5-4-8-11(12)13(18)10-6-2-1-3-7-10/h1-9,13,18H/t13-/m1/s1. The van der Waals surface area contributed by atoms with Crippen molar-refractivity contribution >= 4 is 0 Å². The van der Waals surface area contributed by atoms with E-state index in [0.29, 0.717) is 5.56 Å². The third-order valence-corrected chi connectivity index (χ3v) is 2.68. The average molecular weight is 252 g/mol. The predicted octanol–water partition coefficient (Wildman–Crippen LogP) is 3.79. The zero-order chi connectivity index (χ0) is 13.2. The van der Waals surface area contributed by atoms with Gasteiger partial charge in [-0.25, -0.2) is 0 Å². The molecule has 0 bridgehead atoms. The van der Waals surface area contributed by atoms with E-state index in [4.69, 9.17) is 0 Å². The van der Waals surface area contributed by atoms with Crippen LogP contribution in [0.25, 0.3) is 0 Å². The third kappa shape index (κ3) is 2.54. The van der Waals surface area contributed by atoms with Crippen LogP contribution in [0.5, 0.6) is 0 Å². The zero-order valence-corrected chi connectivity index (χ0v) is 9.35. The largest absolute Gasteiger partial charge is 0.416 e. The van der Waals surface area contributed by atoms with Gasteiger partial charge in [0.1, 0.15) is 6.10 Å². The van der Waals surface area contributed by atoms with Gasteiger partial charge in [0, 0.05) is 0 Å². The molecule has 0 aliphatic carbocycles. The smallest absolute Gasteiger partial charge is 0.384 e. The van der Waals surface area contributed by atoms with Crippen LogP contribution in [0, 0.1) is 0 Å². The van der Waals surface area contributed by atoms with E-state index in [0.717, 1.165) is 6.07 Å². The van der Waals surface area contributed by atoms with Crippen molar-refractivity contribution in [3.63, 3.8) is 0 Å². The number of halogens is 3. The van der Waals surface area contributed by atoms with Crippen LogP contribution in [-0.2, 0) is 6.18 Å². The van der Waals surface area contributed by atoms with Crippen LogP contribution >= 0.6 is 0 Å². The minimum atomic E-state index is -4.47. The first-order chi connectivity index (χ1) is 8.50. The molecule has 0 saturated carbocycles. The molecule has 0 saturated heterocycles. The Labute approximate surface area is 103 Å². The van der Waals surface area contributed by atoms with E-state index in [-0.39, 0.29) is 5.56 Å². The number of aliphatic hydroxyl groups excluding tert-OH is 1. The lowest BCUT2D eigenvalue weighted by Crippen LogP contribution is -2.12. The monoisotopic (exact) mass is 252 g/mol. The molecule has 2 aromatic carbocycles. The first kappa shape index (κ1) is 12.6. The summed E-state index contributed by atoms with van der Waals surface area (Å²) in [7, 11) is 0. The molecule has 0 heterocycles. The summed E-state index contributed by atoms with van der Waals surface area (Å²) >= 11 is 0.